The summed E-state index contributed by atoms with van der Waals surface area (Å²) in [6.45, 7) is 0. The predicted octanol–water partition coefficient (Wildman–Crippen LogP) is 6.03. The van der Waals surface area contributed by atoms with Crippen LogP contribution in [0.3, 0.4) is 0 Å². The second-order valence-corrected chi connectivity index (χ2v) is 7.44. The minimum Gasteiger partial charge on any atom is -0.320 e. The first-order chi connectivity index (χ1) is 15.8. The van der Waals surface area contributed by atoms with Crippen molar-refractivity contribution >= 4 is 23.2 Å². The van der Waals surface area contributed by atoms with Crippen LogP contribution in [0.5, 0.6) is 0 Å². The Morgan fingerprint density at radius 3 is 2.12 bits per heavy atom. The lowest BCUT2D eigenvalue weighted by Gasteiger charge is -2.15. The lowest BCUT2D eigenvalue weighted by atomic mass is 9.95. The molecule has 0 fully saturated rings. The number of halogens is 4. The number of H-pyrrole nitrogens is 1. The number of carbonyl (C=O) groups excluding carboxylic acids is 1. The smallest absolute Gasteiger partial charge is 0.320 e. The van der Waals surface area contributed by atoms with Gasteiger partial charge in [0.1, 0.15) is 5.56 Å². The molecular formula is C24H15ClF3N3O2. The fraction of sp³-hybridized carbons (Fsp3) is 0.0417. The molecule has 0 aliphatic carbocycles. The standard InChI is InChI=1S/C24H15ClF3N3O2/c25-17-12-11-16(24(26,27)28)13-18(17)29-22(32)20-19(14-7-3-1-4-8-14)21(30-31-23(20)33)15-9-5-2-6-10-15/h1-13H,(H,29,32)(H,31,33). The zero-order valence-electron chi connectivity index (χ0n) is 16.8. The number of amides is 1. The van der Waals surface area contributed by atoms with Gasteiger partial charge in [-0.3, -0.25) is 9.59 Å². The molecule has 0 bridgehead atoms. The molecule has 0 unspecified atom stereocenters. The molecule has 4 rings (SSSR count). The van der Waals surface area contributed by atoms with Crippen LogP contribution in [0.15, 0.2) is 83.7 Å². The van der Waals surface area contributed by atoms with Crippen LogP contribution in [-0.2, 0) is 6.18 Å². The van der Waals surface area contributed by atoms with E-state index in [1.54, 1.807) is 60.7 Å². The Balaban J connectivity index is 1.88. The van der Waals surface area contributed by atoms with Gasteiger partial charge in [-0.05, 0) is 23.8 Å². The van der Waals surface area contributed by atoms with E-state index in [1.807, 2.05) is 0 Å². The topological polar surface area (TPSA) is 74.8 Å². The van der Waals surface area contributed by atoms with E-state index in [0.717, 1.165) is 18.2 Å². The van der Waals surface area contributed by atoms with Crippen molar-refractivity contribution < 1.29 is 18.0 Å². The molecule has 0 aliphatic heterocycles. The van der Waals surface area contributed by atoms with Crippen molar-refractivity contribution in [3.8, 4) is 22.4 Å². The maximum Gasteiger partial charge on any atom is 0.416 e. The molecule has 1 amide bonds. The Morgan fingerprint density at radius 1 is 0.909 bits per heavy atom. The molecule has 5 nitrogen and oxygen atoms in total. The number of hydrogen-bond donors (Lipinski definition) is 2. The van der Waals surface area contributed by atoms with Gasteiger partial charge in [0.2, 0.25) is 0 Å². The lowest BCUT2D eigenvalue weighted by molar-refractivity contribution is -0.137. The third kappa shape index (κ3) is 4.65. The van der Waals surface area contributed by atoms with E-state index in [2.05, 4.69) is 15.5 Å². The van der Waals surface area contributed by atoms with Crippen LogP contribution in [0.2, 0.25) is 5.02 Å². The second-order valence-electron chi connectivity index (χ2n) is 7.03. The fourth-order valence-electron chi connectivity index (χ4n) is 3.34. The van der Waals surface area contributed by atoms with Gasteiger partial charge in [-0.15, -0.1) is 0 Å². The summed E-state index contributed by atoms with van der Waals surface area (Å²) < 4.78 is 39.4. The predicted molar refractivity (Wildman–Crippen MR) is 120 cm³/mol. The van der Waals surface area contributed by atoms with Gasteiger partial charge < -0.3 is 5.32 Å². The monoisotopic (exact) mass is 469 g/mol. The first-order valence-electron chi connectivity index (χ1n) is 9.67. The molecule has 1 heterocycles. The normalized spacial score (nSPS) is 11.3. The molecule has 0 radical (unpaired) electrons. The van der Waals surface area contributed by atoms with Gasteiger partial charge in [0.05, 0.1) is 22.0 Å². The van der Waals surface area contributed by atoms with Gasteiger partial charge in [-0.25, -0.2) is 5.10 Å². The number of rotatable bonds is 4. The van der Waals surface area contributed by atoms with Crippen LogP contribution in [0.1, 0.15) is 15.9 Å². The number of aromatic nitrogens is 2. The van der Waals surface area contributed by atoms with Crippen molar-refractivity contribution in [2.45, 2.75) is 6.18 Å². The molecule has 4 aromatic rings. The molecule has 0 atom stereocenters. The summed E-state index contributed by atoms with van der Waals surface area (Å²) >= 11 is 6.02. The zero-order valence-corrected chi connectivity index (χ0v) is 17.5. The van der Waals surface area contributed by atoms with Gasteiger partial charge in [-0.1, -0.05) is 72.3 Å². The summed E-state index contributed by atoms with van der Waals surface area (Å²) in [5.41, 5.74) is -0.605. The third-order valence-electron chi connectivity index (χ3n) is 4.86. The highest BCUT2D eigenvalue weighted by molar-refractivity contribution is 6.34. The van der Waals surface area contributed by atoms with Crippen LogP contribution in [0, 0.1) is 0 Å². The van der Waals surface area contributed by atoms with E-state index in [-0.39, 0.29) is 21.8 Å². The molecule has 0 spiro atoms. The fourth-order valence-corrected chi connectivity index (χ4v) is 3.50. The molecule has 0 aliphatic rings. The number of nitrogens with one attached hydrogen (secondary N) is 2. The number of alkyl halides is 3. The van der Waals surface area contributed by atoms with E-state index in [4.69, 9.17) is 11.6 Å². The minimum absolute atomic E-state index is 0.105. The number of nitrogens with zero attached hydrogens (tertiary/aromatic N) is 1. The van der Waals surface area contributed by atoms with Crippen LogP contribution < -0.4 is 10.9 Å². The Bertz CT molecular complexity index is 1370. The molecule has 2 N–H and O–H groups in total. The minimum atomic E-state index is -4.63. The van der Waals surface area contributed by atoms with Gasteiger partial charge in [0.15, 0.2) is 0 Å². The van der Waals surface area contributed by atoms with Crippen molar-refractivity contribution in [3.63, 3.8) is 0 Å². The van der Waals surface area contributed by atoms with Crippen molar-refractivity contribution in [2.75, 3.05) is 5.32 Å². The van der Waals surface area contributed by atoms with Gasteiger partial charge in [0.25, 0.3) is 11.5 Å². The summed E-state index contributed by atoms with van der Waals surface area (Å²) in [4.78, 5) is 26.0. The van der Waals surface area contributed by atoms with Crippen LogP contribution in [-0.4, -0.2) is 16.1 Å². The van der Waals surface area contributed by atoms with E-state index >= 15 is 0 Å². The van der Waals surface area contributed by atoms with Crippen molar-refractivity contribution in [1.29, 1.82) is 0 Å². The average molecular weight is 470 g/mol. The summed E-state index contributed by atoms with van der Waals surface area (Å²) in [6.07, 6.45) is -4.63. The summed E-state index contributed by atoms with van der Waals surface area (Å²) in [7, 11) is 0. The highest BCUT2D eigenvalue weighted by Crippen LogP contribution is 2.35. The first-order valence-corrected chi connectivity index (χ1v) is 10.0. The molecular weight excluding hydrogens is 455 g/mol. The quantitative estimate of drug-likeness (QED) is 0.383. The van der Waals surface area contributed by atoms with Gasteiger partial charge >= 0.3 is 6.18 Å². The number of aromatic amines is 1. The Labute approximate surface area is 190 Å². The Kier molecular flexibility index (Phi) is 6.02. The van der Waals surface area contributed by atoms with E-state index in [0.29, 0.717) is 16.8 Å². The number of anilines is 1. The second kappa shape index (κ2) is 8.91. The maximum absolute atomic E-state index is 13.2. The van der Waals surface area contributed by atoms with Crippen molar-refractivity contribution in [1.82, 2.24) is 10.2 Å². The Morgan fingerprint density at radius 2 is 1.52 bits per heavy atom. The summed E-state index contributed by atoms with van der Waals surface area (Å²) in [5.74, 6) is -0.920. The van der Waals surface area contributed by atoms with Gasteiger partial charge in [-0.2, -0.15) is 18.3 Å². The first kappa shape index (κ1) is 22.3. The lowest BCUT2D eigenvalue weighted by Crippen LogP contribution is -2.26. The molecule has 0 saturated heterocycles. The van der Waals surface area contributed by atoms with Crippen LogP contribution >= 0.6 is 11.6 Å². The van der Waals surface area contributed by atoms with Crippen LogP contribution in [0.4, 0.5) is 18.9 Å². The van der Waals surface area contributed by atoms with Crippen LogP contribution in [0.25, 0.3) is 22.4 Å². The molecule has 3 aromatic carbocycles. The number of carbonyl (C=O) groups is 1. The SMILES string of the molecule is O=C(Nc1cc(C(F)(F)F)ccc1Cl)c1c(-c2ccccc2)c(-c2ccccc2)n[nH]c1=O. The average Bonchev–Trinajstić information content (AvgIpc) is 2.80. The number of hydrogen-bond acceptors (Lipinski definition) is 3. The highest BCUT2D eigenvalue weighted by atomic mass is 35.5. The van der Waals surface area contributed by atoms with E-state index in [1.165, 1.54) is 0 Å². The molecule has 9 heteroatoms. The van der Waals surface area contributed by atoms with Crippen molar-refractivity contribution in [3.05, 3.63) is 105 Å². The molecule has 1 aromatic heterocycles. The zero-order chi connectivity index (χ0) is 23.6. The number of benzene rings is 3. The largest absolute Gasteiger partial charge is 0.416 e. The van der Waals surface area contributed by atoms with Gasteiger partial charge in [0, 0.05) is 11.1 Å². The van der Waals surface area contributed by atoms with E-state index in [9.17, 15) is 22.8 Å². The summed E-state index contributed by atoms with van der Waals surface area (Å²) in [5, 5.41) is 8.71. The molecule has 166 valence electrons. The molecule has 33 heavy (non-hydrogen) atoms. The summed E-state index contributed by atoms with van der Waals surface area (Å²) in [6, 6.07) is 20.1. The van der Waals surface area contributed by atoms with E-state index < -0.39 is 23.2 Å². The van der Waals surface area contributed by atoms with Crippen molar-refractivity contribution in [2.24, 2.45) is 0 Å². The maximum atomic E-state index is 13.2. The highest BCUT2D eigenvalue weighted by Gasteiger charge is 2.31. The molecule has 0 saturated carbocycles. The third-order valence-corrected chi connectivity index (χ3v) is 5.19. The Hall–Kier alpha value is -3.91.